The molecule has 0 spiro atoms. The number of aromatic nitrogens is 1. The maximum absolute atomic E-state index is 13.7. The Balaban J connectivity index is 2.11. The highest BCUT2D eigenvalue weighted by atomic mass is 19.1. The van der Waals surface area contributed by atoms with Gasteiger partial charge in [-0.05, 0) is 38.5 Å². The maximum atomic E-state index is 13.7. The number of nitrogens with zero attached hydrogens (tertiary/aromatic N) is 1. The summed E-state index contributed by atoms with van der Waals surface area (Å²) in [5, 5.41) is 6.09. The van der Waals surface area contributed by atoms with E-state index in [4.69, 9.17) is 4.74 Å². The molecule has 1 heterocycles. The van der Waals surface area contributed by atoms with E-state index in [9.17, 15) is 9.18 Å². The molecule has 1 N–H and O–H groups in total. The van der Waals surface area contributed by atoms with E-state index in [0.29, 0.717) is 0 Å². The lowest BCUT2D eigenvalue weighted by Crippen LogP contribution is -2.42. The minimum Gasteiger partial charge on any atom is -0.475 e. The molecule has 1 aromatic carbocycles. The minimum absolute atomic E-state index is 0.0240. The van der Waals surface area contributed by atoms with E-state index in [1.807, 2.05) is 0 Å². The molecule has 0 fully saturated rings. The summed E-state index contributed by atoms with van der Waals surface area (Å²) in [6.45, 7) is 4.86. The standard InChI is InChI=1S/C14H15FN2O3/c1-9-4-5-11(10(15)8-9)20-14(2,3)13(18)16-12-6-7-19-17-12/h4-8H,1-3H3,(H,16,17,18). The van der Waals surface area contributed by atoms with Gasteiger partial charge >= 0.3 is 0 Å². The topological polar surface area (TPSA) is 64.4 Å². The number of hydrogen-bond donors (Lipinski definition) is 1. The first-order chi connectivity index (χ1) is 9.38. The van der Waals surface area contributed by atoms with Gasteiger partial charge in [-0.1, -0.05) is 11.2 Å². The van der Waals surface area contributed by atoms with E-state index in [1.54, 1.807) is 26.8 Å². The van der Waals surface area contributed by atoms with Gasteiger partial charge in [0.15, 0.2) is 23.0 Å². The number of hydrogen-bond acceptors (Lipinski definition) is 4. The van der Waals surface area contributed by atoms with Gasteiger partial charge in [-0.15, -0.1) is 0 Å². The molecule has 5 nitrogen and oxygen atoms in total. The van der Waals surface area contributed by atoms with E-state index < -0.39 is 17.3 Å². The van der Waals surface area contributed by atoms with E-state index in [-0.39, 0.29) is 11.6 Å². The summed E-state index contributed by atoms with van der Waals surface area (Å²) < 4.78 is 23.8. The number of nitrogens with one attached hydrogen (secondary N) is 1. The van der Waals surface area contributed by atoms with Crippen LogP contribution in [0.1, 0.15) is 19.4 Å². The van der Waals surface area contributed by atoms with Crippen molar-refractivity contribution >= 4 is 11.7 Å². The van der Waals surface area contributed by atoms with Gasteiger partial charge in [0.25, 0.3) is 5.91 Å². The summed E-state index contributed by atoms with van der Waals surface area (Å²) >= 11 is 0. The molecule has 6 heteroatoms. The zero-order valence-electron chi connectivity index (χ0n) is 11.4. The number of amides is 1. The highest BCUT2D eigenvalue weighted by Crippen LogP contribution is 2.24. The van der Waals surface area contributed by atoms with Crippen molar-refractivity contribution in [2.45, 2.75) is 26.4 Å². The predicted octanol–water partition coefficient (Wildman–Crippen LogP) is 2.92. The zero-order valence-corrected chi connectivity index (χ0v) is 11.4. The van der Waals surface area contributed by atoms with Crippen molar-refractivity contribution in [2.24, 2.45) is 0 Å². The van der Waals surface area contributed by atoms with Gasteiger partial charge < -0.3 is 14.6 Å². The smallest absolute Gasteiger partial charge is 0.269 e. The van der Waals surface area contributed by atoms with Gasteiger partial charge in [0.1, 0.15) is 6.26 Å². The molecule has 0 aliphatic carbocycles. The van der Waals surface area contributed by atoms with E-state index >= 15 is 0 Å². The molecule has 2 aromatic rings. The first-order valence-electron chi connectivity index (χ1n) is 6.05. The van der Waals surface area contributed by atoms with Crippen LogP contribution in [0.5, 0.6) is 5.75 Å². The van der Waals surface area contributed by atoms with Gasteiger partial charge in [0, 0.05) is 6.07 Å². The van der Waals surface area contributed by atoms with Crippen LogP contribution in [0.25, 0.3) is 0 Å². The molecule has 20 heavy (non-hydrogen) atoms. The molecule has 0 unspecified atom stereocenters. The molecule has 1 aromatic heterocycles. The summed E-state index contributed by atoms with van der Waals surface area (Å²) in [5.74, 6) is -0.661. The second kappa shape index (κ2) is 5.32. The van der Waals surface area contributed by atoms with Crippen LogP contribution in [-0.2, 0) is 4.79 Å². The molecule has 0 radical (unpaired) electrons. The molecule has 0 aliphatic rings. The highest BCUT2D eigenvalue weighted by molar-refractivity contribution is 5.96. The van der Waals surface area contributed by atoms with Crippen LogP contribution >= 0.6 is 0 Å². The summed E-state index contributed by atoms with van der Waals surface area (Å²) in [5.41, 5.74) is -0.477. The van der Waals surface area contributed by atoms with Crippen molar-refractivity contribution in [3.8, 4) is 5.75 Å². The molecule has 0 bridgehead atoms. The summed E-state index contributed by atoms with van der Waals surface area (Å²) in [6, 6.07) is 6.06. The average molecular weight is 278 g/mol. The third kappa shape index (κ3) is 3.14. The van der Waals surface area contributed by atoms with Crippen molar-refractivity contribution < 1.29 is 18.4 Å². The van der Waals surface area contributed by atoms with Gasteiger partial charge in [-0.2, -0.15) is 0 Å². The van der Waals surface area contributed by atoms with E-state index in [0.717, 1.165) is 5.56 Å². The summed E-state index contributed by atoms with van der Waals surface area (Å²) in [4.78, 5) is 12.1. The molecule has 106 valence electrons. The Kier molecular flexibility index (Phi) is 3.74. The Bertz CT molecular complexity index is 609. The van der Waals surface area contributed by atoms with E-state index in [1.165, 1.54) is 24.5 Å². The molecule has 0 saturated heterocycles. The quantitative estimate of drug-likeness (QED) is 0.934. The van der Waals surface area contributed by atoms with Gasteiger partial charge in [0.05, 0.1) is 0 Å². The lowest BCUT2D eigenvalue weighted by molar-refractivity contribution is -0.128. The Morgan fingerprint density at radius 2 is 2.15 bits per heavy atom. The average Bonchev–Trinajstić information content (AvgIpc) is 2.85. The van der Waals surface area contributed by atoms with Gasteiger partial charge in [-0.25, -0.2) is 4.39 Å². The van der Waals surface area contributed by atoms with Crippen LogP contribution < -0.4 is 10.1 Å². The van der Waals surface area contributed by atoms with Crippen molar-refractivity contribution in [1.29, 1.82) is 0 Å². The van der Waals surface area contributed by atoms with Crippen molar-refractivity contribution in [3.05, 3.63) is 41.9 Å². The molecule has 0 saturated carbocycles. The number of benzene rings is 1. The number of anilines is 1. The Morgan fingerprint density at radius 1 is 1.40 bits per heavy atom. The van der Waals surface area contributed by atoms with Crippen molar-refractivity contribution in [2.75, 3.05) is 5.32 Å². The number of carbonyl (C=O) groups is 1. The number of halogens is 1. The molecule has 1 amide bonds. The van der Waals surface area contributed by atoms with Crippen LogP contribution in [0, 0.1) is 12.7 Å². The molecule has 0 aliphatic heterocycles. The Morgan fingerprint density at radius 3 is 2.75 bits per heavy atom. The van der Waals surface area contributed by atoms with Crippen molar-refractivity contribution in [1.82, 2.24) is 5.16 Å². The molecular weight excluding hydrogens is 263 g/mol. The third-order valence-electron chi connectivity index (χ3n) is 2.68. The Hall–Kier alpha value is -2.37. The molecular formula is C14H15FN2O3. The zero-order chi connectivity index (χ0) is 14.8. The maximum Gasteiger partial charge on any atom is 0.269 e. The summed E-state index contributed by atoms with van der Waals surface area (Å²) in [6.07, 6.45) is 1.34. The fraction of sp³-hybridized carbons (Fsp3) is 0.286. The highest BCUT2D eigenvalue weighted by Gasteiger charge is 2.31. The van der Waals surface area contributed by atoms with Gasteiger partial charge in [0.2, 0.25) is 0 Å². The molecule has 2 rings (SSSR count). The van der Waals surface area contributed by atoms with Crippen LogP contribution in [0.2, 0.25) is 0 Å². The number of carbonyl (C=O) groups excluding carboxylic acids is 1. The van der Waals surface area contributed by atoms with Crippen LogP contribution in [-0.4, -0.2) is 16.7 Å². The fourth-order valence-corrected chi connectivity index (χ4v) is 1.55. The third-order valence-corrected chi connectivity index (χ3v) is 2.68. The normalized spacial score (nSPS) is 11.2. The SMILES string of the molecule is Cc1ccc(OC(C)(C)C(=O)Nc2ccon2)c(F)c1. The van der Waals surface area contributed by atoms with E-state index in [2.05, 4.69) is 15.0 Å². The first-order valence-corrected chi connectivity index (χ1v) is 6.05. The second-order valence-electron chi connectivity index (χ2n) is 4.89. The molecule has 0 atom stereocenters. The minimum atomic E-state index is -1.25. The van der Waals surface area contributed by atoms with Crippen LogP contribution in [0.15, 0.2) is 35.1 Å². The monoisotopic (exact) mass is 278 g/mol. The Labute approximate surface area is 115 Å². The fourth-order valence-electron chi connectivity index (χ4n) is 1.55. The number of rotatable bonds is 4. The number of aryl methyl sites for hydroxylation is 1. The van der Waals surface area contributed by atoms with Crippen molar-refractivity contribution in [3.63, 3.8) is 0 Å². The van der Waals surface area contributed by atoms with Gasteiger partial charge in [-0.3, -0.25) is 4.79 Å². The second-order valence-corrected chi connectivity index (χ2v) is 4.89. The first kappa shape index (κ1) is 14.0. The lowest BCUT2D eigenvalue weighted by Gasteiger charge is -2.25. The van der Waals surface area contributed by atoms with Crippen LogP contribution in [0.4, 0.5) is 10.2 Å². The lowest BCUT2D eigenvalue weighted by atomic mass is 10.1. The number of ether oxygens (including phenoxy) is 1. The predicted molar refractivity (Wildman–Crippen MR) is 71.0 cm³/mol. The largest absolute Gasteiger partial charge is 0.475 e. The van der Waals surface area contributed by atoms with Crippen LogP contribution in [0.3, 0.4) is 0 Å². The summed E-state index contributed by atoms with van der Waals surface area (Å²) in [7, 11) is 0.